The maximum Gasteiger partial charge on any atom is 0.243 e. The molecule has 4 N–H and O–H groups in total. The molecule has 7 heteroatoms. The van der Waals surface area contributed by atoms with Gasteiger partial charge in [0.1, 0.15) is 5.75 Å². The van der Waals surface area contributed by atoms with Gasteiger partial charge < -0.3 is 21.1 Å². The number of halogens is 1. The van der Waals surface area contributed by atoms with Crippen molar-refractivity contribution in [1.29, 1.82) is 0 Å². The van der Waals surface area contributed by atoms with Crippen molar-refractivity contribution in [3.8, 4) is 5.75 Å². The minimum Gasteiger partial charge on any atom is -0.491 e. The second-order valence-electron chi connectivity index (χ2n) is 6.29. The normalized spacial score (nSPS) is 14.5. The molecule has 1 aliphatic rings. The minimum atomic E-state index is -0.614. The van der Waals surface area contributed by atoms with Crippen LogP contribution in [0.25, 0.3) is 0 Å². The van der Waals surface area contributed by atoms with Crippen LogP contribution < -0.4 is 21.1 Å². The Morgan fingerprint density at radius 2 is 1.96 bits per heavy atom. The largest absolute Gasteiger partial charge is 0.491 e. The van der Waals surface area contributed by atoms with Gasteiger partial charge in [0.25, 0.3) is 0 Å². The Labute approximate surface area is 148 Å². The van der Waals surface area contributed by atoms with Gasteiger partial charge >= 0.3 is 0 Å². The van der Waals surface area contributed by atoms with Crippen LogP contribution in [0.5, 0.6) is 5.75 Å². The van der Waals surface area contributed by atoms with Gasteiger partial charge in [-0.15, -0.1) is 12.4 Å². The van der Waals surface area contributed by atoms with Gasteiger partial charge in [0.2, 0.25) is 11.8 Å². The molecular weight excluding hydrogens is 330 g/mol. The summed E-state index contributed by atoms with van der Waals surface area (Å²) in [4.78, 5) is 23.7. The first-order valence-electron chi connectivity index (χ1n) is 8.02. The fraction of sp³-hybridized carbons (Fsp3) is 0.529. The predicted octanol–water partition coefficient (Wildman–Crippen LogP) is 1.94. The summed E-state index contributed by atoms with van der Waals surface area (Å²) in [6.45, 7) is 4.28. The third kappa shape index (κ3) is 6.37. The number of ether oxygens (including phenoxy) is 1. The molecule has 1 aromatic carbocycles. The highest BCUT2D eigenvalue weighted by Crippen LogP contribution is 2.31. The van der Waals surface area contributed by atoms with Crippen LogP contribution in [0.2, 0.25) is 0 Å². The molecule has 6 nitrogen and oxygen atoms in total. The maximum atomic E-state index is 12.0. The Kier molecular flexibility index (Phi) is 8.01. The van der Waals surface area contributed by atoms with Gasteiger partial charge in [-0.2, -0.15) is 0 Å². The molecule has 2 rings (SSSR count). The summed E-state index contributed by atoms with van der Waals surface area (Å²) < 4.78 is 5.74. The van der Waals surface area contributed by atoms with Crippen molar-refractivity contribution in [3.05, 3.63) is 24.3 Å². The number of amides is 2. The van der Waals surface area contributed by atoms with Crippen molar-refractivity contribution < 1.29 is 14.3 Å². The standard InChI is InChI=1S/C17H25N3O3.ClH/c1-11(2)16(18)17(22)19-9-15(21)20-13-5-3-4-6-14(13)23-10-12-7-8-12;/h3-6,11-12,16H,7-10,18H2,1-2H3,(H,19,22)(H,20,21);1H/t16-;/m0./s1. The monoisotopic (exact) mass is 355 g/mol. The molecule has 1 aromatic rings. The molecule has 0 radical (unpaired) electrons. The number of nitrogens with two attached hydrogens (primary N) is 1. The molecule has 1 fully saturated rings. The van der Waals surface area contributed by atoms with E-state index in [0.29, 0.717) is 24.0 Å². The van der Waals surface area contributed by atoms with Crippen molar-refractivity contribution >= 4 is 29.9 Å². The molecule has 0 bridgehead atoms. The smallest absolute Gasteiger partial charge is 0.243 e. The number of anilines is 1. The highest BCUT2D eigenvalue weighted by atomic mass is 35.5. The van der Waals surface area contributed by atoms with Crippen LogP contribution >= 0.6 is 12.4 Å². The first-order chi connectivity index (χ1) is 11.0. The van der Waals surface area contributed by atoms with E-state index < -0.39 is 6.04 Å². The maximum absolute atomic E-state index is 12.0. The number of para-hydroxylation sites is 2. The number of carbonyl (C=O) groups excluding carboxylic acids is 2. The molecule has 0 heterocycles. The summed E-state index contributed by atoms with van der Waals surface area (Å²) >= 11 is 0. The number of nitrogens with one attached hydrogen (secondary N) is 2. The minimum absolute atomic E-state index is 0. The zero-order valence-electron chi connectivity index (χ0n) is 14.1. The van der Waals surface area contributed by atoms with E-state index >= 15 is 0 Å². The van der Waals surface area contributed by atoms with Gasteiger partial charge in [0, 0.05) is 0 Å². The van der Waals surface area contributed by atoms with Crippen molar-refractivity contribution in [1.82, 2.24) is 5.32 Å². The molecule has 1 atom stereocenters. The highest BCUT2D eigenvalue weighted by Gasteiger charge is 2.22. The highest BCUT2D eigenvalue weighted by molar-refractivity contribution is 5.96. The molecule has 2 amide bonds. The molecule has 24 heavy (non-hydrogen) atoms. The Balaban J connectivity index is 0.00000288. The van der Waals surface area contributed by atoms with Crippen molar-refractivity contribution in [3.63, 3.8) is 0 Å². The van der Waals surface area contributed by atoms with E-state index in [2.05, 4.69) is 10.6 Å². The average molecular weight is 356 g/mol. The Morgan fingerprint density at radius 3 is 2.58 bits per heavy atom. The molecule has 0 unspecified atom stereocenters. The summed E-state index contributed by atoms with van der Waals surface area (Å²) in [5.74, 6) is 0.674. The SMILES string of the molecule is CC(C)[C@H](N)C(=O)NCC(=O)Nc1ccccc1OCC1CC1.Cl. The lowest BCUT2D eigenvalue weighted by Crippen LogP contribution is -2.46. The van der Waals surface area contributed by atoms with E-state index in [-0.39, 0.29) is 36.7 Å². The van der Waals surface area contributed by atoms with Crippen molar-refractivity contribution in [2.24, 2.45) is 17.6 Å². The van der Waals surface area contributed by atoms with Crippen molar-refractivity contribution in [2.75, 3.05) is 18.5 Å². The van der Waals surface area contributed by atoms with Crippen LogP contribution in [0.15, 0.2) is 24.3 Å². The Morgan fingerprint density at radius 1 is 1.29 bits per heavy atom. The van der Waals surface area contributed by atoms with Crippen LogP contribution in [0, 0.1) is 11.8 Å². The zero-order valence-corrected chi connectivity index (χ0v) is 14.9. The van der Waals surface area contributed by atoms with E-state index in [1.165, 1.54) is 12.8 Å². The quantitative estimate of drug-likeness (QED) is 0.664. The van der Waals surface area contributed by atoms with Gasteiger partial charge in [0.05, 0.1) is 24.9 Å². The summed E-state index contributed by atoms with van der Waals surface area (Å²) in [7, 11) is 0. The van der Waals surface area contributed by atoms with Gasteiger partial charge in [-0.3, -0.25) is 9.59 Å². The second kappa shape index (κ2) is 9.49. The second-order valence-corrected chi connectivity index (χ2v) is 6.29. The fourth-order valence-electron chi connectivity index (χ4n) is 1.97. The van der Waals surface area contributed by atoms with E-state index in [1.807, 2.05) is 32.0 Å². The summed E-state index contributed by atoms with van der Waals surface area (Å²) in [5, 5.41) is 5.31. The molecular formula is C17H26ClN3O3. The molecule has 0 saturated heterocycles. The molecule has 0 spiro atoms. The Bertz CT molecular complexity index is 562. The van der Waals surface area contributed by atoms with Gasteiger partial charge in [-0.1, -0.05) is 26.0 Å². The van der Waals surface area contributed by atoms with Crippen molar-refractivity contribution in [2.45, 2.75) is 32.7 Å². The lowest BCUT2D eigenvalue weighted by Gasteiger charge is -2.16. The van der Waals surface area contributed by atoms with E-state index in [1.54, 1.807) is 6.07 Å². The summed E-state index contributed by atoms with van der Waals surface area (Å²) in [6.07, 6.45) is 2.41. The number of benzene rings is 1. The summed E-state index contributed by atoms with van der Waals surface area (Å²) in [6, 6.07) is 6.68. The zero-order chi connectivity index (χ0) is 16.8. The Hall–Kier alpha value is -1.79. The van der Waals surface area contributed by atoms with E-state index in [9.17, 15) is 9.59 Å². The number of hydrogen-bond acceptors (Lipinski definition) is 4. The van der Waals surface area contributed by atoms with Crippen LogP contribution in [-0.4, -0.2) is 31.0 Å². The van der Waals surface area contributed by atoms with Gasteiger partial charge in [0.15, 0.2) is 0 Å². The molecule has 0 aliphatic heterocycles. The first-order valence-corrected chi connectivity index (χ1v) is 8.02. The van der Waals surface area contributed by atoms with Crippen LogP contribution in [0.1, 0.15) is 26.7 Å². The van der Waals surface area contributed by atoms with Gasteiger partial charge in [-0.25, -0.2) is 0 Å². The van der Waals surface area contributed by atoms with Crippen LogP contribution in [0.3, 0.4) is 0 Å². The molecule has 1 aliphatic carbocycles. The van der Waals surface area contributed by atoms with Gasteiger partial charge in [-0.05, 0) is 36.8 Å². The van der Waals surface area contributed by atoms with E-state index in [4.69, 9.17) is 10.5 Å². The predicted molar refractivity (Wildman–Crippen MR) is 96.4 cm³/mol. The fourth-order valence-corrected chi connectivity index (χ4v) is 1.97. The van der Waals surface area contributed by atoms with Crippen LogP contribution in [-0.2, 0) is 9.59 Å². The number of carbonyl (C=O) groups is 2. The lowest BCUT2D eigenvalue weighted by molar-refractivity contribution is -0.125. The lowest BCUT2D eigenvalue weighted by atomic mass is 10.1. The first kappa shape index (κ1) is 20.3. The average Bonchev–Trinajstić information content (AvgIpc) is 3.35. The third-order valence-corrected chi connectivity index (χ3v) is 3.78. The third-order valence-electron chi connectivity index (χ3n) is 3.78. The molecule has 1 saturated carbocycles. The topological polar surface area (TPSA) is 93.5 Å². The van der Waals surface area contributed by atoms with E-state index in [0.717, 1.165) is 0 Å². The number of hydrogen-bond donors (Lipinski definition) is 3. The molecule has 134 valence electrons. The number of rotatable bonds is 8. The van der Waals surface area contributed by atoms with Crippen LogP contribution in [0.4, 0.5) is 5.69 Å². The summed E-state index contributed by atoms with van der Waals surface area (Å²) in [5.41, 5.74) is 6.34. The molecule has 0 aromatic heterocycles.